The topological polar surface area (TPSA) is 58.1 Å². The van der Waals surface area contributed by atoms with Crippen molar-refractivity contribution in [1.82, 2.24) is 14.9 Å². The van der Waals surface area contributed by atoms with Crippen LogP contribution in [0.2, 0.25) is 5.02 Å². The molecular formula is C21H21ClN4O. The van der Waals surface area contributed by atoms with Crippen molar-refractivity contribution in [2.75, 3.05) is 11.9 Å². The number of rotatable bonds is 6. The Labute approximate surface area is 164 Å². The van der Waals surface area contributed by atoms with Gasteiger partial charge in [0.15, 0.2) is 0 Å². The quantitative estimate of drug-likeness (QED) is 0.664. The van der Waals surface area contributed by atoms with Crippen LogP contribution in [-0.2, 0) is 6.54 Å². The minimum absolute atomic E-state index is 0.131. The van der Waals surface area contributed by atoms with E-state index in [9.17, 15) is 4.79 Å². The Morgan fingerprint density at radius 3 is 2.63 bits per heavy atom. The van der Waals surface area contributed by atoms with E-state index in [0.717, 1.165) is 16.8 Å². The van der Waals surface area contributed by atoms with Crippen molar-refractivity contribution in [3.63, 3.8) is 0 Å². The third kappa shape index (κ3) is 4.83. The molecule has 0 radical (unpaired) electrons. The van der Waals surface area contributed by atoms with Gasteiger partial charge in [-0.2, -0.15) is 0 Å². The van der Waals surface area contributed by atoms with Crippen LogP contribution < -0.4 is 5.32 Å². The van der Waals surface area contributed by atoms with Gasteiger partial charge in [-0.25, -0.2) is 9.97 Å². The molecule has 5 nitrogen and oxygen atoms in total. The summed E-state index contributed by atoms with van der Waals surface area (Å²) < 4.78 is 0. The highest BCUT2D eigenvalue weighted by atomic mass is 35.5. The fraction of sp³-hybridized carbons (Fsp3) is 0.190. The van der Waals surface area contributed by atoms with Gasteiger partial charge in [0.05, 0.1) is 0 Å². The van der Waals surface area contributed by atoms with Gasteiger partial charge in [-0.3, -0.25) is 4.79 Å². The monoisotopic (exact) mass is 380 g/mol. The number of hydrogen-bond donors (Lipinski definition) is 1. The minimum atomic E-state index is -0.131. The molecule has 6 heteroatoms. The fourth-order valence-corrected chi connectivity index (χ4v) is 2.81. The van der Waals surface area contributed by atoms with Gasteiger partial charge in [0, 0.05) is 30.0 Å². The van der Waals surface area contributed by atoms with Gasteiger partial charge in [0.2, 0.25) is 5.95 Å². The third-order valence-electron chi connectivity index (χ3n) is 4.19. The van der Waals surface area contributed by atoms with Crippen LogP contribution >= 0.6 is 11.6 Å². The lowest BCUT2D eigenvalue weighted by Crippen LogP contribution is -2.31. The molecule has 0 bridgehead atoms. The smallest absolute Gasteiger partial charge is 0.272 e. The summed E-state index contributed by atoms with van der Waals surface area (Å²) in [6.45, 7) is 5.02. The fourth-order valence-electron chi connectivity index (χ4n) is 2.63. The Morgan fingerprint density at radius 2 is 1.93 bits per heavy atom. The molecule has 0 aliphatic heterocycles. The van der Waals surface area contributed by atoms with E-state index in [1.165, 1.54) is 0 Å². The Balaban J connectivity index is 1.76. The van der Waals surface area contributed by atoms with Crippen LogP contribution in [0.1, 0.15) is 28.5 Å². The Bertz CT molecular complexity index is 930. The maximum atomic E-state index is 12.9. The van der Waals surface area contributed by atoms with E-state index in [0.29, 0.717) is 29.8 Å². The van der Waals surface area contributed by atoms with E-state index >= 15 is 0 Å². The molecule has 27 heavy (non-hydrogen) atoms. The number of nitrogens with one attached hydrogen (secondary N) is 1. The maximum Gasteiger partial charge on any atom is 0.272 e. The molecule has 0 aliphatic rings. The number of carbonyl (C=O) groups excluding carboxylic acids is 1. The van der Waals surface area contributed by atoms with E-state index < -0.39 is 0 Å². The first-order chi connectivity index (χ1) is 13.1. The summed E-state index contributed by atoms with van der Waals surface area (Å²) in [5.74, 6) is 0.227. The van der Waals surface area contributed by atoms with Crippen molar-refractivity contribution in [2.45, 2.75) is 20.4 Å². The highest BCUT2D eigenvalue weighted by Crippen LogP contribution is 2.22. The van der Waals surface area contributed by atoms with Crippen molar-refractivity contribution >= 4 is 29.1 Å². The summed E-state index contributed by atoms with van der Waals surface area (Å²) >= 11 is 6.16. The number of benzene rings is 2. The highest BCUT2D eigenvalue weighted by Gasteiger charge is 2.17. The Morgan fingerprint density at radius 1 is 1.15 bits per heavy atom. The third-order valence-corrected chi connectivity index (χ3v) is 4.60. The lowest BCUT2D eigenvalue weighted by Gasteiger charge is -2.20. The van der Waals surface area contributed by atoms with Crippen molar-refractivity contribution < 1.29 is 4.79 Å². The molecule has 2 aromatic carbocycles. The SMILES string of the molecule is CCN(Cc1ccccc1)C(=O)c1ccnc(Nc2ccc(C)c(Cl)c2)n1. The van der Waals surface area contributed by atoms with Gasteiger partial charge in [-0.05, 0) is 43.2 Å². The summed E-state index contributed by atoms with van der Waals surface area (Å²) in [7, 11) is 0. The molecule has 1 heterocycles. The van der Waals surface area contributed by atoms with E-state index in [2.05, 4.69) is 15.3 Å². The highest BCUT2D eigenvalue weighted by molar-refractivity contribution is 6.31. The van der Waals surface area contributed by atoms with Crippen LogP contribution in [0.15, 0.2) is 60.8 Å². The van der Waals surface area contributed by atoms with Crippen LogP contribution in [0, 0.1) is 6.92 Å². The number of amides is 1. The van der Waals surface area contributed by atoms with E-state index in [1.807, 2.05) is 62.4 Å². The van der Waals surface area contributed by atoms with Gasteiger partial charge in [0.25, 0.3) is 5.91 Å². The van der Waals surface area contributed by atoms with Crippen LogP contribution in [0.4, 0.5) is 11.6 Å². The van der Waals surface area contributed by atoms with Crippen molar-refractivity contribution in [3.8, 4) is 0 Å². The zero-order valence-electron chi connectivity index (χ0n) is 15.3. The van der Waals surface area contributed by atoms with Crippen LogP contribution in [0.5, 0.6) is 0 Å². The summed E-state index contributed by atoms with van der Waals surface area (Å²) in [5.41, 5.74) is 3.19. The van der Waals surface area contributed by atoms with E-state index in [4.69, 9.17) is 11.6 Å². The number of carbonyl (C=O) groups is 1. The zero-order chi connectivity index (χ0) is 19.2. The molecule has 0 fully saturated rings. The van der Waals surface area contributed by atoms with Crippen LogP contribution in [0.3, 0.4) is 0 Å². The summed E-state index contributed by atoms with van der Waals surface area (Å²) in [6, 6.07) is 17.1. The van der Waals surface area contributed by atoms with E-state index in [-0.39, 0.29) is 5.91 Å². The van der Waals surface area contributed by atoms with Gasteiger partial charge < -0.3 is 10.2 Å². The molecule has 138 valence electrons. The molecule has 0 aliphatic carbocycles. The normalized spacial score (nSPS) is 10.5. The minimum Gasteiger partial charge on any atom is -0.333 e. The number of aromatic nitrogens is 2. The molecule has 3 rings (SSSR count). The molecule has 1 N–H and O–H groups in total. The number of nitrogens with zero attached hydrogens (tertiary/aromatic N) is 3. The van der Waals surface area contributed by atoms with Crippen LogP contribution in [0.25, 0.3) is 0 Å². The Hall–Kier alpha value is -2.92. The molecule has 1 amide bonds. The average Bonchev–Trinajstić information content (AvgIpc) is 2.69. The second-order valence-electron chi connectivity index (χ2n) is 6.16. The second kappa shape index (κ2) is 8.64. The lowest BCUT2D eigenvalue weighted by atomic mass is 10.2. The molecule has 0 spiro atoms. The first kappa shape index (κ1) is 18.9. The predicted molar refractivity (Wildman–Crippen MR) is 108 cm³/mol. The summed E-state index contributed by atoms with van der Waals surface area (Å²) in [6.07, 6.45) is 1.58. The molecule has 0 atom stereocenters. The molecule has 1 aromatic heterocycles. The second-order valence-corrected chi connectivity index (χ2v) is 6.57. The molecule has 0 unspecified atom stereocenters. The number of anilines is 2. The van der Waals surface area contributed by atoms with Crippen molar-refractivity contribution in [2.24, 2.45) is 0 Å². The van der Waals surface area contributed by atoms with Gasteiger partial charge >= 0.3 is 0 Å². The standard InChI is InChI=1S/C21H21ClN4O/c1-3-26(14-16-7-5-4-6-8-16)20(27)19-11-12-23-21(25-19)24-17-10-9-15(2)18(22)13-17/h4-13H,3,14H2,1-2H3,(H,23,24,25). The van der Waals surface area contributed by atoms with Crippen molar-refractivity contribution in [1.29, 1.82) is 0 Å². The van der Waals surface area contributed by atoms with Crippen molar-refractivity contribution in [3.05, 3.63) is 82.6 Å². The molecular weight excluding hydrogens is 360 g/mol. The number of halogens is 1. The van der Waals surface area contributed by atoms with E-state index in [1.54, 1.807) is 17.2 Å². The molecule has 0 saturated carbocycles. The van der Waals surface area contributed by atoms with Gasteiger partial charge in [-0.1, -0.05) is 48.0 Å². The number of aryl methyl sites for hydroxylation is 1. The molecule has 0 saturated heterocycles. The lowest BCUT2D eigenvalue weighted by molar-refractivity contribution is 0.0746. The predicted octanol–water partition coefficient (Wildman–Crippen LogP) is 4.84. The first-order valence-corrected chi connectivity index (χ1v) is 9.14. The van der Waals surface area contributed by atoms with Crippen LogP contribution in [-0.4, -0.2) is 27.3 Å². The van der Waals surface area contributed by atoms with Gasteiger partial charge in [-0.15, -0.1) is 0 Å². The maximum absolute atomic E-state index is 12.9. The average molecular weight is 381 g/mol. The van der Waals surface area contributed by atoms with Gasteiger partial charge in [0.1, 0.15) is 5.69 Å². The summed E-state index contributed by atoms with van der Waals surface area (Å²) in [5, 5.41) is 3.76. The molecule has 3 aromatic rings. The zero-order valence-corrected chi connectivity index (χ0v) is 16.1. The Kier molecular flexibility index (Phi) is 6.04. The summed E-state index contributed by atoms with van der Waals surface area (Å²) in [4.78, 5) is 23.2. The number of hydrogen-bond acceptors (Lipinski definition) is 4. The largest absolute Gasteiger partial charge is 0.333 e. The first-order valence-electron chi connectivity index (χ1n) is 8.76.